The number of benzene rings is 1. The van der Waals surface area contributed by atoms with Crippen molar-refractivity contribution in [2.45, 2.75) is 53.1 Å². The van der Waals surface area contributed by atoms with Gasteiger partial charge >= 0.3 is 6.18 Å². The monoisotopic (exact) mass is 444 g/mol. The molecule has 0 aromatic heterocycles. The lowest BCUT2D eigenvalue weighted by Crippen LogP contribution is -2.29. The summed E-state index contributed by atoms with van der Waals surface area (Å²) < 4.78 is 38.2. The Balaban J connectivity index is 2.53. The van der Waals surface area contributed by atoms with Crippen molar-refractivity contribution in [1.82, 2.24) is 10.2 Å². The van der Waals surface area contributed by atoms with Gasteiger partial charge in [-0.1, -0.05) is 49.5 Å². The van der Waals surface area contributed by atoms with Crippen LogP contribution in [0.1, 0.15) is 49.8 Å². The van der Waals surface area contributed by atoms with E-state index in [9.17, 15) is 13.2 Å². The number of allylic oxidation sites excluding steroid dienone is 4. The van der Waals surface area contributed by atoms with Crippen LogP contribution >= 0.6 is 0 Å². The minimum absolute atomic E-state index is 0.234. The molecule has 0 amide bonds. The van der Waals surface area contributed by atoms with Gasteiger partial charge in [-0.3, -0.25) is 0 Å². The highest BCUT2D eigenvalue weighted by molar-refractivity contribution is 5.70. The van der Waals surface area contributed by atoms with Gasteiger partial charge in [0, 0.05) is 24.0 Å². The Morgan fingerprint density at radius 2 is 1.97 bits per heavy atom. The fourth-order valence-electron chi connectivity index (χ4n) is 3.33. The van der Waals surface area contributed by atoms with Gasteiger partial charge in [0.25, 0.3) is 0 Å². The molecule has 0 atom stereocenters. The zero-order valence-corrected chi connectivity index (χ0v) is 19.1. The average Bonchev–Trinajstić information content (AvgIpc) is 2.73. The summed E-state index contributed by atoms with van der Waals surface area (Å²) in [4.78, 5) is 1.97. The molecule has 1 aliphatic rings. The van der Waals surface area contributed by atoms with E-state index in [-0.39, 0.29) is 13.2 Å². The minimum atomic E-state index is -4.24. The second kappa shape index (κ2) is 11.6. The number of halogens is 3. The minimum Gasteiger partial charge on any atom is -0.384 e. The number of aliphatic hydroxyl groups excluding tert-OH is 1. The van der Waals surface area contributed by atoms with Crippen LogP contribution < -0.4 is 5.32 Å². The van der Waals surface area contributed by atoms with E-state index < -0.39 is 12.6 Å². The van der Waals surface area contributed by atoms with Crippen LogP contribution in [-0.4, -0.2) is 29.3 Å². The molecule has 0 saturated heterocycles. The molecule has 1 aromatic carbocycles. The lowest BCUT2D eigenvalue weighted by Gasteiger charge is -2.32. The van der Waals surface area contributed by atoms with Crippen molar-refractivity contribution in [2.24, 2.45) is 0 Å². The number of hydrogen-bond donors (Lipinski definition) is 2. The van der Waals surface area contributed by atoms with E-state index in [0.717, 1.165) is 35.4 Å². The number of hydrogen-bond acceptors (Lipinski definition) is 3. The largest absolute Gasteiger partial charge is 0.390 e. The highest BCUT2D eigenvalue weighted by atomic mass is 19.4. The Kier molecular flexibility index (Phi) is 9.22. The number of aliphatic hydroxyl groups is 1. The number of unbranched alkanes of at least 4 members (excludes halogenated alkanes) is 1. The van der Waals surface area contributed by atoms with Gasteiger partial charge in [-0.2, -0.15) is 13.2 Å². The first kappa shape index (κ1) is 25.4. The standard InChI is InChI=1S/C26H31F3N2O/c1-5-7-10-25-23(30-14-13-26(27,28)29)17-21(9-8-15-32)18-31(25)24(6-2)22-12-11-19(3)20(4)16-22/h6,10-12,16-18,30,32H,5,7,13-15H2,1-4H3/b24-6-,25-10+. The van der Waals surface area contributed by atoms with E-state index in [1.165, 1.54) is 5.56 Å². The highest BCUT2D eigenvalue weighted by Gasteiger charge is 2.27. The zero-order valence-electron chi connectivity index (χ0n) is 19.1. The Hall–Kier alpha value is -2.91. The third kappa shape index (κ3) is 7.06. The Morgan fingerprint density at radius 1 is 1.22 bits per heavy atom. The Labute approximate surface area is 189 Å². The molecule has 1 aliphatic heterocycles. The van der Waals surface area contributed by atoms with Crippen LogP contribution in [-0.2, 0) is 0 Å². The maximum Gasteiger partial charge on any atom is 0.390 e. The van der Waals surface area contributed by atoms with E-state index in [2.05, 4.69) is 43.1 Å². The molecule has 1 aromatic rings. The van der Waals surface area contributed by atoms with Gasteiger partial charge in [-0.25, -0.2) is 0 Å². The molecule has 1 heterocycles. The molecule has 2 N–H and O–H groups in total. The molecule has 6 heteroatoms. The SMILES string of the molecule is C/C=C(/c1ccc(C)c(C)c1)N1C=C(C#CCO)C=C(NCCC(F)(F)F)/C1=C\CCC. The van der Waals surface area contributed by atoms with Crippen LogP contribution in [0, 0.1) is 25.7 Å². The molecule has 172 valence electrons. The summed E-state index contributed by atoms with van der Waals surface area (Å²) >= 11 is 0. The highest BCUT2D eigenvalue weighted by Crippen LogP contribution is 2.33. The fourth-order valence-corrected chi connectivity index (χ4v) is 3.33. The molecule has 0 aliphatic carbocycles. The van der Waals surface area contributed by atoms with E-state index in [4.69, 9.17) is 5.11 Å². The molecule has 32 heavy (non-hydrogen) atoms. The summed E-state index contributed by atoms with van der Waals surface area (Å²) in [6.45, 7) is 7.56. The Bertz CT molecular complexity index is 989. The van der Waals surface area contributed by atoms with Crippen molar-refractivity contribution in [3.63, 3.8) is 0 Å². The van der Waals surface area contributed by atoms with Crippen LogP contribution in [0.15, 0.2) is 59.6 Å². The number of aryl methyl sites for hydroxylation is 2. The van der Waals surface area contributed by atoms with E-state index in [1.54, 1.807) is 6.08 Å². The second-order valence-electron chi connectivity index (χ2n) is 7.62. The quantitative estimate of drug-likeness (QED) is 0.509. The number of rotatable bonds is 7. The molecule has 0 unspecified atom stereocenters. The molecular formula is C26H31F3N2O. The summed E-state index contributed by atoms with van der Waals surface area (Å²) in [5, 5.41) is 12.1. The van der Waals surface area contributed by atoms with E-state index >= 15 is 0 Å². The van der Waals surface area contributed by atoms with Crippen LogP contribution in [0.3, 0.4) is 0 Å². The van der Waals surface area contributed by atoms with Gasteiger partial charge < -0.3 is 15.3 Å². The first-order valence-corrected chi connectivity index (χ1v) is 10.8. The lowest BCUT2D eigenvalue weighted by molar-refractivity contribution is -0.133. The maximum atomic E-state index is 12.7. The van der Waals surface area contributed by atoms with Crippen molar-refractivity contribution >= 4 is 5.70 Å². The molecular weight excluding hydrogens is 413 g/mol. The first-order valence-electron chi connectivity index (χ1n) is 10.8. The molecule has 2 rings (SSSR count). The molecule has 0 bridgehead atoms. The second-order valence-corrected chi connectivity index (χ2v) is 7.62. The smallest absolute Gasteiger partial charge is 0.384 e. The zero-order chi connectivity index (χ0) is 23.7. The summed E-state index contributed by atoms with van der Waals surface area (Å²) in [6, 6.07) is 6.20. The third-order valence-corrected chi connectivity index (χ3v) is 5.10. The van der Waals surface area contributed by atoms with Crippen molar-refractivity contribution < 1.29 is 18.3 Å². The molecule has 0 fully saturated rings. The molecule has 3 nitrogen and oxygen atoms in total. The van der Waals surface area contributed by atoms with Gasteiger partial charge in [-0.05, 0) is 56.0 Å². The topological polar surface area (TPSA) is 35.5 Å². The van der Waals surface area contributed by atoms with Crippen molar-refractivity contribution in [2.75, 3.05) is 13.2 Å². The van der Waals surface area contributed by atoms with Crippen LogP contribution in [0.4, 0.5) is 13.2 Å². The van der Waals surface area contributed by atoms with Crippen LogP contribution in [0.25, 0.3) is 5.70 Å². The Morgan fingerprint density at radius 3 is 2.56 bits per heavy atom. The molecule has 0 saturated carbocycles. The summed E-state index contributed by atoms with van der Waals surface area (Å²) in [5.41, 5.74) is 6.21. The van der Waals surface area contributed by atoms with E-state index in [0.29, 0.717) is 11.3 Å². The van der Waals surface area contributed by atoms with Gasteiger partial charge in [0.1, 0.15) is 6.61 Å². The van der Waals surface area contributed by atoms with Gasteiger partial charge in [0.15, 0.2) is 0 Å². The summed E-state index contributed by atoms with van der Waals surface area (Å²) in [6.07, 6.45) is 4.13. The average molecular weight is 445 g/mol. The van der Waals surface area contributed by atoms with Crippen molar-refractivity contribution in [3.05, 3.63) is 76.3 Å². The maximum absolute atomic E-state index is 12.7. The molecule has 0 spiro atoms. The predicted molar refractivity (Wildman–Crippen MR) is 124 cm³/mol. The van der Waals surface area contributed by atoms with Crippen LogP contribution in [0.5, 0.6) is 0 Å². The number of nitrogens with zero attached hydrogens (tertiary/aromatic N) is 1. The fraction of sp³-hybridized carbons (Fsp3) is 0.385. The van der Waals surface area contributed by atoms with E-state index in [1.807, 2.05) is 43.2 Å². The van der Waals surface area contributed by atoms with Crippen LogP contribution in [0.2, 0.25) is 0 Å². The van der Waals surface area contributed by atoms with Crippen molar-refractivity contribution in [3.8, 4) is 11.8 Å². The number of alkyl halides is 3. The molecule has 0 radical (unpaired) electrons. The third-order valence-electron chi connectivity index (χ3n) is 5.10. The normalized spacial score (nSPS) is 15.8. The lowest BCUT2D eigenvalue weighted by atomic mass is 10.0. The van der Waals surface area contributed by atoms with Gasteiger partial charge in [-0.15, -0.1) is 0 Å². The predicted octanol–water partition coefficient (Wildman–Crippen LogP) is 5.97. The van der Waals surface area contributed by atoms with Crippen molar-refractivity contribution in [1.29, 1.82) is 0 Å². The summed E-state index contributed by atoms with van der Waals surface area (Å²) in [5.74, 6) is 5.52. The van der Waals surface area contributed by atoms with Gasteiger partial charge in [0.2, 0.25) is 0 Å². The first-order chi connectivity index (χ1) is 15.2. The summed E-state index contributed by atoms with van der Waals surface area (Å²) in [7, 11) is 0. The number of nitrogens with one attached hydrogen (secondary N) is 1. The van der Waals surface area contributed by atoms with Gasteiger partial charge in [0.05, 0.1) is 17.8 Å².